The van der Waals surface area contributed by atoms with Crippen LogP contribution in [0.2, 0.25) is 0 Å². The van der Waals surface area contributed by atoms with E-state index in [0.29, 0.717) is 28.6 Å². The van der Waals surface area contributed by atoms with E-state index in [2.05, 4.69) is 5.32 Å². The number of nitrogen functional groups attached to an aromatic ring is 1. The predicted molar refractivity (Wildman–Crippen MR) is 100 cm³/mol. The minimum absolute atomic E-state index is 0.127. The molecule has 1 aromatic heterocycles. The molecular weight excluding hydrogens is 320 g/mol. The van der Waals surface area contributed by atoms with Crippen molar-refractivity contribution < 1.29 is 9.53 Å². The van der Waals surface area contributed by atoms with Crippen LogP contribution in [0.4, 0.5) is 10.7 Å². The zero-order chi connectivity index (χ0) is 16.9. The first-order valence-electron chi connectivity index (χ1n) is 8.64. The van der Waals surface area contributed by atoms with Crippen LogP contribution in [-0.4, -0.2) is 12.5 Å². The fraction of sp³-hybridized carbons (Fsp3) is 0.421. The number of amides is 1. The molecule has 0 bridgehead atoms. The van der Waals surface area contributed by atoms with E-state index in [-0.39, 0.29) is 5.91 Å². The number of anilines is 2. The number of nitrogens with one attached hydrogen (secondary N) is 1. The van der Waals surface area contributed by atoms with Gasteiger partial charge in [0.15, 0.2) is 0 Å². The van der Waals surface area contributed by atoms with Gasteiger partial charge in [-0.1, -0.05) is 25.0 Å². The summed E-state index contributed by atoms with van der Waals surface area (Å²) in [7, 11) is 0. The van der Waals surface area contributed by atoms with Gasteiger partial charge in [-0.15, -0.1) is 11.3 Å². The molecule has 4 nitrogen and oxygen atoms in total. The number of fused-ring (bicyclic) bond motifs is 1. The number of nitrogens with two attached hydrogens (primary N) is 1. The Morgan fingerprint density at radius 1 is 1.21 bits per heavy atom. The minimum Gasteiger partial charge on any atom is -0.492 e. The summed E-state index contributed by atoms with van der Waals surface area (Å²) >= 11 is 1.58. The molecule has 0 unspecified atom stereocenters. The monoisotopic (exact) mass is 344 g/mol. The van der Waals surface area contributed by atoms with Crippen LogP contribution >= 0.6 is 11.3 Å². The summed E-state index contributed by atoms with van der Waals surface area (Å²) in [5.41, 5.74) is 8.72. The highest BCUT2D eigenvalue weighted by atomic mass is 32.1. The molecule has 3 N–H and O–H groups in total. The second-order valence-corrected chi connectivity index (χ2v) is 7.18. The quantitative estimate of drug-likeness (QED) is 0.849. The Morgan fingerprint density at radius 2 is 1.96 bits per heavy atom. The molecular formula is C19H24N2O2S. The number of carbonyl (C=O) groups is 1. The normalized spacial score (nSPS) is 14.4. The van der Waals surface area contributed by atoms with E-state index in [9.17, 15) is 4.79 Å². The second kappa shape index (κ2) is 7.71. The zero-order valence-corrected chi connectivity index (χ0v) is 14.9. The lowest BCUT2D eigenvalue weighted by Gasteiger charge is -2.13. The van der Waals surface area contributed by atoms with Gasteiger partial charge in [-0.25, -0.2) is 0 Å². The van der Waals surface area contributed by atoms with Crippen LogP contribution < -0.4 is 15.8 Å². The number of thiophene rings is 1. The highest BCUT2D eigenvalue weighted by molar-refractivity contribution is 7.16. The highest BCUT2D eigenvalue weighted by Crippen LogP contribution is 2.36. The fourth-order valence-electron chi connectivity index (χ4n) is 3.23. The van der Waals surface area contributed by atoms with Gasteiger partial charge in [0.25, 0.3) is 5.91 Å². The molecule has 3 rings (SSSR count). The van der Waals surface area contributed by atoms with Crippen molar-refractivity contribution in [2.45, 2.75) is 45.4 Å². The van der Waals surface area contributed by atoms with Gasteiger partial charge in [-0.2, -0.15) is 0 Å². The Hall–Kier alpha value is -2.01. The Morgan fingerprint density at radius 3 is 2.75 bits per heavy atom. The standard InChI is InChI=1S/C19H24N2O2S/c1-2-23-15-11-8-7-10-14(15)21-19(22)17-13-9-5-3-4-6-12-16(13)24-18(17)20/h7-8,10-11H,2-6,9,12,20H2,1H3,(H,21,22). The lowest BCUT2D eigenvalue weighted by molar-refractivity contribution is 0.102. The summed E-state index contributed by atoms with van der Waals surface area (Å²) in [4.78, 5) is 14.2. The van der Waals surface area contributed by atoms with Gasteiger partial charge in [0.05, 0.1) is 22.9 Å². The minimum atomic E-state index is -0.127. The van der Waals surface area contributed by atoms with E-state index in [1.807, 2.05) is 31.2 Å². The molecule has 128 valence electrons. The zero-order valence-electron chi connectivity index (χ0n) is 14.1. The largest absolute Gasteiger partial charge is 0.492 e. The molecule has 0 fully saturated rings. The van der Waals surface area contributed by atoms with Crippen LogP contribution in [0.5, 0.6) is 5.75 Å². The predicted octanol–water partition coefficient (Wildman–Crippen LogP) is 4.64. The van der Waals surface area contributed by atoms with E-state index in [4.69, 9.17) is 10.5 Å². The van der Waals surface area contributed by atoms with E-state index < -0.39 is 0 Å². The number of hydrogen-bond donors (Lipinski definition) is 2. The van der Waals surface area contributed by atoms with E-state index in [1.54, 1.807) is 11.3 Å². The first-order chi connectivity index (χ1) is 11.7. The van der Waals surface area contributed by atoms with Crippen molar-refractivity contribution in [3.8, 4) is 5.75 Å². The van der Waals surface area contributed by atoms with Crippen LogP contribution in [0.25, 0.3) is 0 Å². The van der Waals surface area contributed by atoms with Crippen LogP contribution in [0.1, 0.15) is 53.4 Å². The smallest absolute Gasteiger partial charge is 0.259 e. The van der Waals surface area contributed by atoms with E-state index >= 15 is 0 Å². The number of aryl methyl sites for hydroxylation is 1. The van der Waals surface area contributed by atoms with E-state index in [0.717, 1.165) is 24.8 Å². The maximum Gasteiger partial charge on any atom is 0.259 e. The summed E-state index contributed by atoms with van der Waals surface area (Å²) < 4.78 is 5.59. The molecule has 0 saturated heterocycles. The average Bonchev–Trinajstić information content (AvgIpc) is 2.84. The lowest BCUT2D eigenvalue weighted by Crippen LogP contribution is -2.16. The molecule has 1 aliphatic carbocycles. The number of rotatable bonds is 4. The molecule has 1 aromatic carbocycles. The fourth-order valence-corrected chi connectivity index (χ4v) is 4.38. The van der Waals surface area contributed by atoms with Gasteiger partial charge in [0, 0.05) is 4.88 Å². The third-order valence-electron chi connectivity index (χ3n) is 4.36. The van der Waals surface area contributed by atoms with Gasteiger partial charge < -0.3 is 15.8 Å². The average molecular weight is 344 g/mol. The third-order valence-corrected chi connectivity index (χ3v) is 5.48. The van der Waals surface area contributed by atoms with Gasteiger partial charge in [-0.05, 0) is 50.3 Å². The SMILES string of the molecule is CCOc1ccccc1NC(=O)c1c(N)sc2c1CCCCCC2. The number of carbonyl (C=O) groups excluding carboxylic acids is 1. The molecule has 0 radical (unpaired) electrons. The Balaban J connectivity index is 1.88. The number of hydrogen-bond acceptors (Lipinski definition) is 4. The molecule has 5 heteroatoms. The van der Waals surface area contributed by atoms with Crippen molar-refractivity contribution in [3.63, 3.8) is 0 Å². The highest BCUT2D eigenvalue weighted by Gasteiger charge is 2.23. The van der Waals surface area contributed by atoms with Crippen LogP contribution in [0.3, 0.4) is 0 Å². The summed E-state index contributed by atoms with van der Waals surface area (Å²) in [5.74, 6) is 0.558. The summed E-state index contributed by atoms with van der Waals surface area (Å²) in [6.45, 7) is 2.49. The molecule has 0 aliphatic heterocycles. The van der Waals surface area contributed by atoms with Gasteiger partial charge in [-0.3, -0.25) is 4.79 Å². The topological polar surface area (TPSA) is 64.3 Å². The van der Waals surface area contributed by atoms with Crippen LogP contribution in [-0.2, 0) is 12.8 Å². The number of ether oxygens (including phenoxy) is 1. The number of benzene rings is 1. The molecule has 1 heterocycles. The van der Waals surface area contributed by atoms with Crippen molar-refractivity contribution in [1.82, 2.24) is 0 Å². The van der Waals surface area contributed by atoms with Crippen molar-refractivity contribution in [2.75, 3.05) is 17.7 Å². The summed E-state index contributed by atoms with van der Waals surface area (Å²) in [6.07, 6.45) is 6.77. The van der Waals surface area contributed by atoms with Gasteiger partial charge in [0.1, 0.15) is 5.75 Å². The molecule has 0 spiro atoms. The van der Waals surface area contributed by atoms with Crippen molar-refractivity contribution in [2.24, 2.45) is 0 Å². The summed E-state index contributed by atoms with van der Waals surface area (Å²) in [6, 6.07) is 7.50. The van der Waals surface area contributed by atoms with Crippen molar-refractivity contribution >= 4 is 27.9 Å². The molecule has 1 amide bonds. The molecule has 0 atom stereocenters. The lowest BCUT2D eigenvalue weighted by atomic mass is 9.96. The van der Waals surface area contributed by atoms with Crippen LogP contribution in [0, 0.1) is 0 Å². The Bertz CT molecular complexity index is 724. The van der Waals surface area contributed by atoms with Gasteiger partial charge >= 0.3 is 0 Å². The molecule has 1 aliphatic rings. The molecule has 2 aromatic rings. The van der Waals surface area contributed by atoms with Crippen LogP contribution in [0.15, 0.2) is 24.3 Å². The number of para-hydroxylation sites is 2. The first-order valence-corrected chi connectivity index (χ1v) is 9.45. The van der Waals surface area contributed by atoms with Crippen molar-refractivity contribution in [1.29, 1.82) is 0 Å². The molecule has 24 heavy (non-hydrogen) atoms. The van der Waals surface area contributed by atoms with Crippen molar-refractivity contribution in [3.05, 3.63) is 40.3 Å². The Labute approximate surface area is 147 Å². The maximum atomic E-state index is 12.9. The molecule has 0 saturated carbocycles. The Kier molecular flexibility index (Phi) is 5.41. The van der Waals surface area contributed by atoms with Gasteiger partial charge in [0.2, 0.25) is 0 Å². The second-order valence-electron chi connectivity index (χ2n) is 6.04. The van der Waals surface area contributed by atoms with E-state index in [1.165, 1.54) is 24.1 Å². The third kappa shape index (κ3) is 3.56. The maximum absolute atomic E-state index is 12.9. The summed E-state index contributed by atoms with van der Waals surface area (Å²) in [5, 5.41) is 3.62. The first kappa shape index (κ1) is 16.8.